The van der Waals surface area contributed by atoms with Gasteiger partial charge in [0.1, 0.15) is 6.04 Å². The second kappa shape index (κ2) is 51.1. The van der Waals surface area contributed by atoms with Gasteiger partial charge in [-0.1, -0.05) is 103 Å². The van der Waals surface area contributed by atoms with E-state index in [4.69, 9.17) is 61.6 Å². The summed E-state index contributed by atoms with van der Waals surface area (Å²) in [7, 11) is 0. The SMILES string of the molecule is CCCCCCCCCCCCCCCCOCCOCCOCCOCCOCCOCCOCCOCCOCCOCCOCCOCCOCCCCCC(=O)Nc1cccc2c1C(=O)N(C1CCC(=O)NC1=O)C2=O. The highest BCUT2D eigenvalue weighted by molar-refractivity contribution is 6.26. The first-order chi connectivity index (χ1) is 39.4. The van der Waals surface area contributed by atoms with Crippen LogP contribution >= 0.6 is 0 Å². The first-order valence-electron chi connectivity index (χ1n) is 30.1. The number of carbonyl (C=O) groups excluding carboxylic acids is 5. The molecule has 21 heteroatoms. The van der Waals surface area contributed by atoms with E-state index >= 15 is 0 Å². The van der Waals surface area contributed by atoms with Gasteiger partial charge in [0.25, 0.3) is 11.8 Å². The molecule has 1 aromatic carbocycles. The largest absolute Gasteiger partial charge is 0.379 e. The zero-order chi connectivity index (χ0) is 57.0. The van der Waals surface area contributed by atoms with Crippen LogP contribution in [0.5, 0.6) is 0 Å². The third kappa shape index (κ3) is 36.1. The lowest BCUT2D eigenvalue weighted by atomic mass is 10.0. The van der Waals surface area contributed by atoms with Gasteiger partial charge >= 0.3 is 0 Å². The molecule has 0 aliphatic carbocycles. The van der Waals surface area contributed by atoms with Crippen LogP contribution in [0.15, 0.2) is 18.2 Å². The minimum atomic E-state index is -1.08. The minimum absolute atomic E-state index is 0.0263. The van der Waals surface area contributed by atoms with E-state index in [0.717, 1.165) is 30.8 Å². The number of benzene rings is 1. The first-order valence-corrected chi connectivity index (χ1v) is 30.1. The van der Waals surface area contributed by atoms with Crippen LogP contribution in [-0.2, 0) is 76.0 Å². The molecule has 1 aromatic rings. The fourth-order valence-electron chi connectivity index (χ4n) is 8.64. The molecule has 460 valence electrons. The van der Waals surface area contributed by atoms with Gasteiger partial charge in [-0.05, 0) is 37.8 Å². The molecule has 1 saturated heterocycles. The molecule has 1 unspecified atom stereocenters. The van der Waals surface area contributed by atoms with E-state index in [1.54, 1.807) is 12.1 Å². The van der Waals surface area contributed by atoms with Crippen LogP contribution in [0.4, 0.5) is 5.69 Å². The second-order valence-electron chi connectivity index (χ2n) is 19.6. The molecule has 1 atom stereocenters. The highest BCUT2D eigenvalue weighted by atomic mass is 16.6. The zero-order valence-corrected chi connectivity index (χ0v) is 48.6. The number of hydrogen-bond acceptors (Lipinski definition) is 18. The van der Waals surface area contributed by atoms with E-state index < -0.39 is 29.7 Å². The molecular formula is C59H101N3O18. The van der Waals surface area contributed by atoms with Crippen molar-refractivity contribution in [3.63, 3.8) is 0 Å². The molecule has 2 N–H and O–H groups in total. The molecule has 1 fully saturated rings. The Kier molecular flexibility index (Phi) is 45.2. The highest BCUT2D eigenvalue weighted by Gasteiger charge is 2.45. The van der Waals surface area contributed by atoms with Crippen LogP contribution in [0.3, 0.4) is 0 Å². The number of carbonyl (C=O) groups is 5. The Labute approximate surface area is 477 Å². The Morgan fingerprint density at radius 2 is 0.762 bits per heavy atom. The number of unbranched alkanes of at least 4 members (excludes halogenated alkanes) is 15. The Balaban J connectivity index is 0.910. The molecule has 21 nitrogen and oxygen atoms in total. The van der Waals surface area contributed by atoms with E-state index in [2.05, 4.69) is 17.6 Å². The van der Waals surface area contributed by atoms with Crippen LogP contribution in [-0.4, -0.2) is 212 Å². The fraction of sp³-hybridized carbons (Fsp3) is 0.814. The maximum absolute atomic E-state index is 13.2. The Bertz CT molecular complexity index is 1730. The van der Waals surface area contributed by atoms with Gasteiger partial charge in [-0.25, -0.2) is 0 Å². The summed E-state index contributed by atoms with van der Waals surface area (Å²) in [4.78, 5) is 63.7. The number of piperidine rings is 1. The van der Waals surface area contributed by atoms with E-state index in [9.17, 15) is 24.0 Å². The lowest BCUT2D eigenvalue weighted by molar-refractivity contribution is -0.136. The monoisotopic (exact) mass is 1140 g/mol. The predicted molar refractivity (Wildman–Crippen MR) is 301 cm³/mol. The Hall–Kier alpha value is -3.55. The number of hydrogen-bond donors (Lipinski definition) is 2. The summed E-state index contributed by atoms with van der Waals surface area (Å²) in [5.41, 5.74) is 0.379. The van der Waals surface area contributed by atoms with Crippen LogP contribution in [0, 0.1) is 0 Å². The lowest BCUT2D eigenvalue weighted by Gasteiger charge is -2.27. The Morgan fingerprint density at radius 1 is 0.438 bits per heavy atom. The van der Waals surface area contributed by atoms with Crippen molar-refractivity contribution in [2.24, 2.45) is 0 Å². The summed E-state index contributed by atoms with van der Waals surface area (Å²) in [6, 6.07) is 3.53. The van der Waals surface area contributed by atoms with Gasteiger partial charge in [0.2, 0.25) is 17.7 Å². The van der Waals surface area contributed by atoms with E-state index in [-0.39, 0.29) is 42.0 Å². The van der Waals surface area contributed by atoms with Crippen LogP contribution < -0.4 is 10.6 Å². The third-order valence-electron chi connectivity index (χ3n) is 13.0. The summed E-state index contributed by atoms with van der Waals surface area (Å²) >= 11 is 0. The molecule has 0 aromatic heterocycles. The maximum atomic E-state index is 13.2. The molecular weight excluding hydrogens is 1040 g/mol. The standard InChI is InChI=1S/C59H101N3O18/c1-2-3-4-5-6-7-8-9-10-11-12-13-14-17-25-68-27-29-70-31-33-72-35-37-74-39-41-76-43-45-78-47-49-80-50-48-79-46-44-77-42-40-75-38-36-73-34-32-71-30-28-69-26-18-15-16-22-54(63)60-52-21-19-20-51-56(52)59(67)62(58(51)66)53-23-24-55(64)61-57(53)65/h19-21,53H,2-18,22-50H2,1H3,(H,60,63)(H,61,64,65). The highest BCUT2D eigenvalue weighted by Crippen LogP contribution is 2.32. The molecule has 2 aliphatic rings. The molecule has 0 spiro atoms. The zero-order valence-electron chi connectivity index (χ0n) is 48.6. The average molecular weight is 1140 g/mol. The lowest BCUT2D eigenvalue weighted by Crippen LogP contribution is -2.54. The van der Waals surface area contributed by atoms with Crippen molar-refractivity contribution in [2.45, 2.75) is 141 Å². The number of fused-ring (bicyclic) bond motifs is 1. The summed E-state index contributed by atoms with van der Waals surface area (Å²) < 4.78 is 72.3. The van der Waals surface area contributed by atoms with E-state index in [0.29, 0.717) is 172 Å². The van der Waals surface area contributed by atoms with Crippen molar-refractivity contribution in [2.75, 3.05) is 177 Å². The van der Waals surface area contributed by atoms with Crippen LogP contribution in [0.25, 0.3) is 0 Å². The number of nitrogens with zero attached hydrogens (tertiary/aromatic N) is 1. The molecule has 3 rings (SSSR count). The van der Waals surface area contributed by atoms with Crippen LogP contribution in [0.2, 0.25) is 0 Å². The summed E-state index contributed by atoms with van der Waals surface area (Å²) in [5.74, 6) is -2.72. The number of anilines is 1. The van der Waals surface area contributed by atoms with Crippen molar-refractivity contribution in [3.8, 4) is 0 Å². The van der Waals surface area contributed by atoms with E-state index in [1.807, 2.05) is 0 Å². The average Bonchev–Trinajstić information content (AvgIpc) is 3.84. The van der Waals surface area contributed by atoms with Gasteiger partial charge in [-0.3, -0.25) is 34.2 Å². The summed E-state index contributed by atoms with van der Waals surface area (Å²) in [6.07, 6.45) is 21.5. The van der Waals surface area contributed by atoms with Crippen molar-refractivity contribution in [1.82, 2.24) is 10.2 Å². The van der Waals surface area contributed by atoms with E-state index in [1.165, 1.54) is 89.5 Å². The van der Waals surface area contributed by atoms with Crippen molar-refractivity contribution in [1.29, 1.82) is 0 Å². The second-order valence-corrected chi connectivity index (χ2v) is 19.6. The maximum Gasteiger partial charge on any atom is 0.264 e. The normalized spacial score (nSPS) is 14.4. The number of imide groups is 2. The van der Waals surface area contributed by atoms with Gasteiger partial charge in [-0.15, -0.1) is 0 Å². The number of nitrogens with one attached hydrogen (secondary N) is 2. The van der Waals surface area contributed by atoms with Gasteiger partial charge in [0.05, 0.1) is 175 Å². The van der Waals surface area contributed by atoms with Crippen molar-refractivity contribution in [3.05, 3.63) is 29.3 Å². The molecule has 2 heterocycles. The quantitative estimate of drug-likeness (QED) is 0.0482. The number of ether oxygens (including phenoxy) is 13. The van der Waals surface area contributed by atoms with Gasteiger partial charge < -0.3 is 66.9 Å². The molecule has 0 radical (unpaired) electrons. The molecule has 0 bridgehead atoms. The first kappa shape index (κ1) is 70.7. The molecule has 5 amide bonds. The van der Waals surface area contributed by atoms with Gasteiger partial charge in [0, 0.05) is 26.1 Å². The third-order valence-corrected chi connectivity index (χ3v) is 13.0. The van der Waals surface area contributed by atoms with Crippen molar-refractivity contribution >= 4 is 35.2 Å². The predicted octanol–water partition coefficient (Wildman–Crippen LogP) is 7.28. The number of rotatable bonds is 59. The number of amides is 5. The summed E-state index contributed by atoms with van der Waals surface area (Å²) in [6.45, 7) is 15.5. The Morgan fingerprint density at radius 3 is 1.11 bits per heavy atom. The summed E-state index contributed by atoms with van der Waals surface area (Å²) in [5, 5.41) is 4.92. The van der Waals surface area contributed by atoms with Gasteiger partial charge in [-0.2, -0.15) is 0 Å². The fourth-order valence-corrected chi connectivity index (χ4v) is 8.64. The topological polar surface area (TPSA) is 233 Å². The van der Waals surface area contributed by atoms with Crippen molar-refractivity contribution < 1.29 is 85.6 Å². The smallest absolute Gasteiger partial charge is 0.264 e. The molecule has 2 aliphatic heterocycles. The molecule has 80 heavy (non-hydrogen) atoms. The van der Waals surface area contributed by atoms with Gasteiger partial charge in [0.15, 0.2) is 0 Å². The minimum Gasteiger partial charge on any atom is -0.379 e. The van der Waals surface area contributed by atoms with Crippen LogP contribution in [0.1, 0.15) is 156 Å². The molecule has 0 saturated carbocycles.